The molecule has 0 saturated carbocycles. The topological polar surface area (TPSA) is 37.5 Å². The minimum Gasteiger partial charge on any atom is -0.504 e. The fourth-order valence-electron chi connectivity index (χ4n) is 1.12. The van der Waals surface area contributed by atoms with Crippen LogP contribution in [0.15, 0.2) is 24.5 Å². The van der Waals surface area contributed by atoms with E-state index in [1.54, 1.807) is 18.3 Å². The highest BCUT2D eigenvalue weighted by Crippen LogP contribution is 2.16. The average Bonchev–Trinajstić information content (AvgIpc) is 2.35. The summed E-state index contributed by atoms with van der Waals surface area (Å²) >= 11 is 0. The Morgan fingerprint density at radius 2 is 2.36 bits per heavy atom. The fraction of sp³-hybridized carbons (Fsp3) is 0.125. The van der Waals surface area contributed by atoms with Gasteiger partial charge in [-0.1, -0.05) is 0 Å². The molecule has 0 spiro atoms. The van der Waals surface area contributed by atoms with Crippen molar-refractivity contribution in [2.24, 2.45) is 0 Å². The van der Waals surface area contributed by atoms with E-state index < -0.39 is 0 Å². The van der Waals surface area contributed by atoms with Gasteiger partial charge in [-0.2, -0.15) is 0 Å². The average molecular weight is 148 g/mol. The van der Waals surface area contributed by atoms with Crippen molar-refractivity contribution in [2.45, 2.75) is 6.92 Å². The van der Waals surface area contributed by atoms with Gasteiger partial charge in [0, 0.05) is 18.1 Å². The second kappa shape index (κ2) is 1.99. The zero-order chi connectivity index (χ0) is 7.84. The molecular weight excluding hydrogens is 140 g/mol. The van der Waals surface area contributed by atoms with E-state index in [2.05, 4.69) is 4.98 Å². The number of hydrogen-bond donors (Lipinski definition) is 1. The van der Waals surface area contributed by atoms with Gasteiger partial charge in [-0.05, 0) is 19.1 Å². The number of aryl methyl sites for hydroxylation is 1. The van der Waals surface area contributed by atoms with Crippen molar-refractivity contribution in [3.05, 3.63) is 30.2 Å². The molecule has 0 aliphatic heterocycles. The van der Waals surface area contributed by atoms with E-state index in [-0.39, 0.29) is 5.75 Å². The lowest BCUT2D eigenvalue weighted by Crippen LogP contribution is -1.84. The Balaban J connectivity index is 2.94. The number of aromatic nitrogens is 2. The molecule has 0 aromatic carbocycles. The maximum atomic E-state index is 9.30. The molecule has 0 saturated heterocycles. The molecular formula is C8H8N2O. The quantitative estimate of drug-likeness (QED) is 0.612. The van der Waals surface area contributed by atoms with Gasteiger partial charge < -0.3 is 9.51 Å². The number of pyridine rings is 1. The molecule has 0 atom stereocenters. The van der Waals surface area contributed by atoms with Crippen molar-refractivity contribution in [3.63, 3.8) is 0 Å². The molecule has 1 N–H and O–H groups in total. The predicted molar refractivity (Wildman–Crippen MR) is 41.6 cm³/mol. The summed E-state index contributed by atoms with van der Waals surface area (Å²) in [5.41, 5.74) is 1.64. The molecule has 3 heteroatoms. The maximum Gasteiger partial charge on any atom is 0.179 e. The number of rotatable bonds is 0. The van der Waals surface area contributed by atoms with Crippen LogP contribution in [0.1, 0.15) is 5.69 Å². The highest BCUT2D eigenvalue weighted by molar-refractivity contribution is 5.53. The third-order valence-electron chi connectivity index (χ3n) is 1.70. The first kappa shape index (κ1) is 6.22. The second-order valence-corrected chi connectivity index (χ2v) is 2.49. The molecule has 0 radical (unpaired) electrons. The largest absolute Gasteiger partial charge is 0.504 e. The minimum atomic E-state index is 0.223. The van der Waals surface area contributed by atoms with E-state index in [9.17, 15) is 5.11 Å². The SMILES string of the molecule is Cc1cnc2c(O)cccn12. The van der Waals surface area contributed by atoms with Crippen molar-refractivity contribution in [1.82, 2.24) is 9.38 Å². The zero-order valence-corrected chi connectivity index (χ0v) is 6.15. The van der Waals surface area contributed by atoms with Crippen LogP contribution in [0.3, 0.4) is 0 Å². The van der Waals surface area contributed by atoms with Gasteiger partial charge in [0.15, 0.2) is 11.4 Å². The number of fused-ring (bicyclic) bond motifs is 1. The Hall–Kier alpha value is -1.51. The number of imidazole rings is 1. The van der Waals surface area contributed by atoms with E-state index in [0.29, 0.717) is 5.65 Å². The highest BCUT2D eigenvalue weighted by atomic mass is 16.3. The predicted octanol–water partition coefficient (Wildman–Crippen LogP) is 1.35. The molecule has 0 fully saturated rings. The summed E-state index contributed by atoms with van der Waals surface area (Å²) in [5.74, 6) is 0.223. The summed E-state index contributed by atoms with van der Waals surface area (Å²) in [6, 6.07) is 3.42. The number of hydrogen-bond acceptors (Lipinski definition) is 2. The Morgan fingerprint density at radius 1 is 1.55 bits per heavy atom. The van der Waals surface area contributed by atoms with E-state index >= 15 is 0 Å². The van der Waals surface area contributed by atoms with Crippen molar-refractivity contribution < 1.29 is 5.11 Å². The molecule has 11 heavy (non-hydrogen) atoms. The first-order valence-corrected chi connectivity index (χ1v) is 3.40. The third-order valence-corrected chi connectivity index (χ3v) is 1.70. The standard InChI is InChI=1S/C8H8N2O/c1-6-5-9-8-7(11)3-2-4-10(6)8/h2-5,11H,1H3. The molecule has 0 aliphatic carbocycles. The van der Waals surface area contributed by atoms with Crippen LogP contribution in [-0.4, -0.2) is 14.5 Å². The Morgan fingerprint density at radius 3 is 3.09 bits per heavy atom. The number of aromatic hydroxyl groups is 1. The fourth-order valence-corrected chi connectivity index (χ4v) is 1.12. The monoisotopic (exact) mass is 148 g/mol. The van der Waals surface area contributed by atoms with Gasteiger partial charge >= 0.3 is 0 Å². The molecule has 2 aromatic heterocycles. The lowest BCUT2D eigenvalue weighted by atomic mass is 10.4. The first-order chi connectivity index (χ1) is 5.29. The molecule has 2 heterocycles. The smallest absolute Gasteiger partial charge is 0.179 e. The number of nitrogens with zero attached hydrogens (tertiary/aromatic N) is 2. The van der Waals surface area contributed by atoms with Gasteiger partial charge in [-0.25, -0.2) is 4.98 Å². The summed E-state index contributed by atoms with van der Waals surface area (Å²) in [7, 11) is 0. The summed E-state index contributed by atoms with van der Waals surface area (Å²) in [6.45, 7) is 1.94. The summed E-state index contributed by atoms with van der Waals surface area (Å²) in [5, 5.41) is 9.30. The summed E-state index contributed by atoms with van der Waals surface area (Å²) < 4.78 is 1.84. The van der Waals surface area contributed by atoms with Gasteiger partial charge in [-0.15, -0.1) is 0 Å². The van der Waals surface area contributed by atoms with Gasteiger partial charge in [0.25, 0.3) is 0 Å². The Bertz CT molecular complexity index is 392. The van der Waals surface area contributed by atoms with Crippen LogP contribution in [0.4, 0.5) is 0 Å². The van der Waals surface area contributed by atoms with E-state index in [1.165, 1.54) is 0 Å². The first-order valence-electron chi connectivity index (χ1n) is 3.40. The summed E-state index contributed by atoms with van der Waals surface area (Å²) in [4.78, 5) is 4.03. The molecule has 0 unspecified atom stereocenters. The van der Waals surface area contributed by atoms with Crippen LogP contribution in [0.2, 0.25) is 0 Å². The van der Waals surface area contributed by atoms with Gasteiger partial charge in [0.05, 0.1) is 0 Å². The minimum absolute atomic E-state index is 0.223. The molecule has 0 amide bonds. The van der Waals surface area contributed by atoms with Gasteiger partial charge in [0.1, 0.15) is 0 Å². The molecule has 56 valence electrons. The van der Waals surface area contributed by atoms with E-state index in [1.807, 2.05) is 17.5 Å². The van der Waals surface area contributed by atoms with Crippen molar-refractivity contribution in [2.75, 3.05) is 0 Å². The summed E-state index contributed by atoms with van der Waals surface area (Å²) in [6.07, 6.45) is 3.60. The molecule has 3 nitrogen and oxygen atoms in total. The maximum absolute atomic E-state index is 9.30. The molecule has 0 aliphatic rings. The van der Waals surface area contributed by atoms with Crippen LogP contribution in [0.5, 0.6) is 5.75 Å². The third kappa shape index (κ3) is 0.774. The van der Waals surface area contributed by atoms with Crippen molar-refractivity contribution >= 4 is 5.65 Å². The normalized spacial score (nSPS) is 10.6. The Kier molecular flexibility index (Phi) is 1.12. The Labute approximate surface area is 63.9 Å². The van der Waals surface area contributed by atoms with Crippen LogP contribution >= 0.6 is 0 Å². The zero-order valence-electron chi connectivity index (χ0n) is 6.15. The van der Waals surface area contributed by atoms with Crippen LogP contribution in [0, 0.1) is 6.92 Å². The highest BCUT2D eigenvalue weighted by Gasteiger charge is 2.00. The van der Waals surface area contributed by atoms with Crippen LogP contribution in [0.25, 0.3) is 5.65 Å². The second-order valence-electron chi connectivity index (χ2n) is 2.49. The van der Waals surface area contributed by atoms with E-state index in [0.717, 1.165) is 5.69 Å². The van der Waals surface area contributed by atoms with Crippen LogP contribution < -0.4 is 0 Å². The van der Waals surface area contributed by atoms with Crippen molar-refractivity contribution in [1.29, 1.82) is 0 Å². The van der Waals surface area contributed by atoms with E-state index in [4.69, 9.17) is 0 Å². The molecule has 0 bridgehead atoms. The van der Waals surface area contributed by atoms with Gasteiger partial charge in [0.2, 0.25) is 0 Å². The van der Waals surface area contributed by atoms with Crippen LogP contribution in [-0.2, 0) is 0 Å². The van der Waals surface area contributed by atoms with Gasteiger partial charge in [-0.3, -0.25) is 0 Å². The lowest BCUT2D eigenvalue weighted by Gasteiger charge is -1.95. The lowest BCUT2D eigenvalue weighted by molar-refractivity contribution is 0.477. The molecule has 2 aromatic rings. The van der Waals surface area contributed by atoms with Crippen molar-refractivity contribution in [3.8, 4) is 5.75 Å². The molecule has 2 rings (SSSR count).